The predicted molar refractivity (Wildman–Crippen MR) is 79.0 cm³/mol. The summed E-state index contributed by atoms with van der Waals surface area (Å²) in [5.41, 5.74) is 3.07. The first-order valence-corrected chi connectivity index (χ1v) is 6.80. The van der Waals surface area contributed by atoms with Crippen LogP contribution in [-0.4, -0.2) is 11.7 Å². The molecule has 0 aliphatic rings. The van der Waals surface area contributed by atoms with E-state index in [4.69, 9.17) is 0 Å². The lowest BCUT2D eigenvalue weighted by molar-refractivity contribution is 0.171. The van der Waals surface area contributed by atoms with Gasteiger partial charge >= 0.3 is 0 Å². The molecule has 0 heterocycles. The lowest BCUT2D eigenvalue weighted by atomic mass is 10.1. The number of aliphatic hydroxyl groups excluding tert-OH is 1. The van der Waals surface area contributed by atoms with Crippen molar-refractivity contribution in [1.82, 2.24) is 5.32 Å². The number of aryl methyl sites for hydroxylation is 1. The highest BCUT2D eigenvalue weighted by Crippen LogP contribution is 2.16. The molecule has 0 spiro atoms. The van der Waals surface area contributed by atoms with E-state index >= 15 is 0 Å². The zero-order valence-electron chi connectivity index (χ0n) is 11.8. The molecule has 2 N–H and O–H groups in total. The van der Waals surface area contributed by atoms with Crippen LogP contribution in [-0.2, 0) is 0 Å². The van der Waals surface area contributed by atoms with Crippen molar-refractivity contribution in [1.29, 1.82) is 0 Å². The van der Waals surface area contributed by atoms with Gasteiger partial charge in [0.25, 0.3) is 0 Å². The van der Waals surface area contributed by atoms with E-state index < -0.39 is 6.10 Å². The third-order valence-corrected chi connectivity index (χ3v) is 3.45. The van der Waals surface area contributed by atoms with Gasteiger partial charge in [0.15, 0.2) is 0 Å². The maximum atomic E-state index is 12.9. The maximum Gasteiger partial charge on any atom is 0.123 e. The Morgan fingerprint density at radius 3 is 2.15 bits per heavy atom. The van der Waals surface area contributed by atoms with Crippen LogP contribution in [0.2, 0.25) is 0 Å². The lowest BCUT2D eigenvalue weighted by Crippen LogP contribution is -2.24. The van der Waals surface area contributed by atoms with Crippen LogP contribution in [0.4, 0.5) is 4.39 Å². The van der Waals surface area contributed by atoms with E-state index in [0.717, 1.165) is 11.1 Å². The molecule has 0 saturated carbocycles. The van der Waals surface area contributed by atoms with Gasteiger partial charge in [0.2, 0.25) is 0 Å². The normalized spacial score (nSPS) is 14.0. The van der Waals surface area contributed by atoms with Crippen LogP contribution in [0.3, 0.4) is 0 Å². The summed E-state index contributed by atoms with van der Waals surface area (Å²) in [6, 6.07) is 14.3. The first kappa shape index (κ1) is 14.7. The number of halogens is 1. The molecule has 0 aliphatic carbocycles. The quantitative estimate of drug-likeness (QED) is 0.873. The summed E-state index contributed by atoms with van der Waals surface area (Å²) in [6.07, 6.45) is -0.543. The van der Waals surface area contributed by atoms with E-state index in [1.807, 2.05) is 38.1 Å². The molecule has 3 heteroatoms. The monoisotopic (exact) mass is 273 g/mol. The minimum absolute atomic E-state index is 0.0655. The van der Waals surface area contributed by atoms with Crippen LogP contribution in [0.5, 0.6) is 0 Å². The average Bonchev–Trinajstić information content (AvgIpc) is 2.46. The van der Waals surface area contributed by atoms with Crippen LogP contribution in [0.15, 0.2) is 48.5 Å². The summed E-state index contributed by atoms with van der Waals surface area (Å²) < 4.78 is 12.9. The molecule has 2 nitrogen and oxygen atoms in total. The molecule has 0 aliphatic heterocycles. The van der Waals surface area contributed by atoms with Gasteiger partial charge in [-0.25, -0.2) is 4.39 Å². The van der Waals surface area contributed by atoms with Gasteiger partial charge in [-0.3, -0.25) is 0 Å². The van der Waals surface area contributed by atoms with Gasteiger partial charge in [-0.15, -0.1) is 0 Å². The molecule has 2 unspecified atom stereocenters. The fourth-order valence-electron chi connectivity index (χ4n) is 2.06. The molecule has 2 aromatic rings. The van der Waals surface area contributed by atoms with E-state index in [1.165, 1.54) is 17.7 Å². The van der Waals surface area contributed by atoms with Crippen molar-refractivity contribution in [2.45, 2.75) is 26.0 Å². The van der Waals surface area contributed by atoms with Crippen molar-refractivity contribution in [2.24, 2.45) is 0 Å². The molecule has 0 fully saturated rings. The lowest BCUT2D eigenvalue weighted by Gasteiger charge is -2.18. The summed E-state index contributed by atoms with van der Waals surface area (Å²) in [7, 11) is 0. The van der Waals surface area contributed by atoms with Crippen LogP contribution < -0.4 is 5.32 Å². The highest BCUT2D eigenvalue weighted by Gasteiger charge is 2.10. The van der Waals surface area contributed by atoms with Gasteiger partial charge in [-0.2, -0.15) is 0 Å². The average molecular weight is 273 g/mol. The van der Waals surface area contributed by atoms with Crippen molar-refractivity contribution >= 4 is 0 Å². The molecule has 106 valence electrons. The maximum absolute atomic E-state index is 12.9. The Hall–Kier alpha value is -1.71. The Morgan fingerprint density at radius 1 is 1.00 bits per heavy atom. The van der Waals surface area contributed by atoms with Crippen LogP contribution >= 0.6 is 0 Å². The summed E-state index contributed by atoms with van der Waals surface area (Å²) in [4.78, 5) is 0. The van der Waals surface area contributed by atoms with E-state index in [2.05, 4.69) is 5.32 Å². The first-order chi connectivity index (χ1) is 9.56. The Balaban J connectivity index is 1.91. The van der Waals surface area contributed by atoms with Crippen LogP contribution in [0, 0.1) is 12.7 Å². The summed E-state index contributed by atoms with van der Waals surface area (Å²) in [6.45, 7) is 4.47. The smallest absolute Gasteiger partial charge is 0.123 e. The number of rotatable bonds is 5. The minimum Gasteiger partial charge on any atom is -0.387 e. The van der Waals surface area contributed by atoms with Gasteiger partial charge in [-0.05, 0) is 37.1 Å². The van der Waals surface area contributed by atoms with E-state index in [1.54, 1.807) is 12.1 Å². The SMILES string of the molecule is Cc1ccc(C(O)CNC(C)c2ccc(F)cc2)cc1. The van der Waals surface area contributed by atoms with Gasteiger partial charge in [-0.1, -0.05) is 42.0 Å². The van der Waals surface area contributed by atoms with Crippen molar-refractivity contribution in [3.05, 3.63) is 71.0 Å². The zero-order chi connectivity index (χ0) is 14.5. The summed E-state index contributed by atoms with van der Waals surface area (Å²) >= 11 is 0. The molecule has 2 atom stereocenters. The zero-order valence-corrected chi connectivity index (χ0v) is 11.8. The molecule has 0 amide bonds. The van der Waals surface area contributed by atoms with Crippen molar-refractivity contribution in [2.75, 3.05) is 6.54 Å². The van der Waals surface area contributed by atoms with Gasteiger partial charge < -0.3 is 10.4 Å². The number of aliphatic hydroxyl groups is 1. The highest BCUT2D eigenvalue weighted by molar-refractivity contribution is 5.23. The summed E-state index contributed by atoms with van der Waals surface area (Å²) in [5, 5.41) is 13.4. The summed E-state index contributed by atoms with van der Waals surface area (Å²) in [5.74, 6) is -0.236. The second-order valence-corrected chi connectivity index (χ2v) is 5.11. The molecule has 0 radical (unpaired) electrons. The number of hydrogen-bond acceptors (Lipinski definition) is 2. The van der Waals surface area contributed by atoms with Crippen LogP contribution in [0.25, 0.3) is 0 Å². The van der Waals surface area contributed by atoms with Crippen molar-refractivity contribution < 1.29 is 9.50 Å². The second kappa shape index (κ2) is 6.64. The third kappa shape index (κ3) is 3.89. The third-order valence-electron chi connectivity index (χ3n) is 3.45. The first-order valence-electron chi connectivity index (χ1n) is 6.80. The molecule has 2 aromatic carbocycles. The van der Waals surface area contributed by atoms with E-state index in [9.17, 15) is 9.50 Å². The Morgan fingerprint density at radius 2 is 1.55 bits per heavy atom. The van der Waals surface area contributed by atoms with Crippen molar-refractivity contribution in [3.8, 4) is 0 Å². The van der Waals surface area contributed by atoms with E-state index in [-0.39, 0.29) is 11.9 Å². The van der Waals surface area contributed by atoms with Crippen LogP contribution in [0.1, 0.15) is 35.8 Å². The Bertz CT molecular complexity index is 484. The van der Waals surface area contributed by atoms with Gasteiger partial charge in [0.05, 0.1) is 6.10 Å². The molecule has 0 saturated heterocycles. The van der Waals surface area contributed by atoms with Crippen molar-refractivity contribution in [3.63, 3.8) is 0 Å². The molecule has 2 rings (SSSR count). The number of benzene rings is 2. The molecular weight excluding hydrogens is 253 g/mol. The second-order valence-electron chi connectivity index (χ2n) is 5.11. The fourth-order valence-corrected chi connectivity index (χ4v) is 2.06. The molecular formula is C17H20FNO. The largest absolute Gasteiger partial charge is 0.387 e. The molecule has 20 heavy (non-hydrogen) atoms. The van der Waals surface area contributed by atoms with E-state index in [0.29, 0.717) is 6.54 Å². The highest BCUT2D eigenvalue weighted by atomic mass is 19.1. The predicted octanol–water partition coefficient (Wildman–Crippen LogP) is 3.52. The number of hydrogen-bond donors (Lipinski definition) is 2. The minimum atomic E-state index is -0.543. The fraction of sp³-hybridized carbons (Fsp3) is 0.294. The molecule has 0 aromatic heterocycles. The Labute approximate surface area is 119 Å². The Kier molecular flexibility index (Phi) is 4.88. The van der Waals surface area contributed by atoms with Gasteiger partial charge in [0, 0.05) is 12.6 Å². The molecule has 0 bridgehead atoms. The standard InChI is InChI=1S/C17H20FNO/c1-12-3-5-15(6-4-12)17(20)11-19-13(2)14-7-9-16(18)10-8-14/h3-10,13,17,19-20H,11H2,1-2H3. The number of nitrogens with one attached hydrogen (secondary N) is 1. The van der Waals surface area contributed by atoms with Gasteiger partial charge in [0.1, 0.15) is 5.82 Å². The topological polar surface area (TPSA) is 32.3 Å².